The third-order valence-electron chi connectivity index (χ3n) is 16.1. The Kier molecular flexibility index (Phi) is 17.6. The van der Waals surface area contributed by atoms with E-state index in [9.17, 15) is 0 Å². The molecule has 0 radical (unpaired) electrons. The van der Waals surface area contributed by atoms with Gasteiger partial charge in [0, 0.05) is 54.5 Å². The molecular formula is C83H69BrN4. The van der Waals surface area contributed by atoms with Gasteiger partial charge < -0.3 is 20.2 Å². The van der Waals surface area contributed by atoms with Crippen molar-refractivity contribution in [2.75, 3.05) is 11.1 Å². The van der Waals surface area contributed by atoms with Crippen LogP contribution < -0.4 is 11.1 Å². The molecule has 0 atom stereocenters. The van der Waals surface area contributed by atoms with Gasteiger partial charge in [-0.3, -0.25) is 0 Å². The molecule has 0 aliphatic heterocycles. The van der Waals surface area contributed by atoms with Gasteiger partial charge in [-0.2, -0.15) is 0 Å². The standard InChI is InChI=1S/C40H28N2.C24H16BrN.C16H13N.3CH4/c1-2-11-34(12-3-1)42-39-16-7-6-14-37(39)38-27-31(21-26-40(38)42)28-17-22-32(23-18-28)41-33-24-19-30(20-25-33)36-15-8-10-29-9-4-5-13-35(29)36;25-19-13-10-17(11-14-19)18-12-15-24-22(16-18)21-8-4-5-9-23(21)26(24)20-6-2-1-3-7-20;17-14-10-8-13(9-11-14)16-7-3-5-12-4-1-2-6-15(12)16;;;/h1-27,41H;1-16H;1-11H,17H2;3*1H4. The van der Waals surface area contributed by atoms with Crippen molar-refractivity contribution in [1.82, 2.24) is 9.13 Å². The van der Waals surface area contributed by atoms with Gasteiger partial charge in [-0.1, -0.05) is 257 Å². The van der Waals surface area contributed by atoms with Gasteiger partial charge in [0.15, 0.2) is 0 Å². The van der Waals surface area contributed by atoms with Gasteiger partial charge in [0.25, 0.3) is 0 Å². The lowest BCUT2D eigenvalue weighted by molar-refractivity contribution is 1.18. The third kappa shape index (κ3) is 11.8. The highest BCUT2D eigenvalue weighted by molar-refractivity contribution is 9.10. The molecule has 0 saturated heterocycles. The van der Waals surface area contributed by atoms with Crippen molar-refractivity contribution in [3.05, 3.63) is 332 Å². The highest BCUT2D eigenvalue weighted by Crippen LogP contribution is 2.38. The molecule has 16 aromatic rings. The van der Waals surface area contributed by atoms with E-state index in [0.717, 1.165) is 21.5 Å². The molecule has 0 saturated carbocycles. The number of nitrogen functional groups attached to an aromatic ring is 1. The van der Waals surface area contributed by atoms with E-state index in [-0.39, 0.29) is 22.3 Å². The number of rotatable bonds is 8. The summed E-state index contributed by atoms with van der Waals surface area (Å²) in [5.74, 6) is 0. The Balaban J connectivity index is 0.000000148. The van der Waals surface area contributed by atoms with Gasteiger partial charge in [0.2, 0.25) is 0 Å². The number of halogens is 1. The molecule has 2 heterocycles. The fraction of sp³-hybridized carbons (Fsp3) is 0.0361. The van der Waals surface area contributed by atoms with Crippen molar-refractivity contribution < 1.29 is 0 Å². The van der Waals surface area contributed by atoms with Crippen LogP contribution in [0.2, 0.25) is 0 Å². The van der Waals surface area contributed by atoms with Gasteiger partial charge in [-0.25, -0.2) is 0 Å². The largest absolute Gasteiger partial charge is 0.399 e. The monoisotopic (exact) mass is 1200 g/mol. The first-order valence-corrected chi connectivity index (χ1v) is 29.5. The molecule has 428 valence electrons. The Hall–Kier alpha value is -10.7. The van der Waals surface area contributed by atoms with Crippen LogP contribution in [0.1, 0.15) is 22.3 Å². The van der Waals surface area contributed by atoms with Gasteiger partial charge >= 0.3 is 0 Å². The molecule has 5 heteroatoms. The summed E-state index contributed by atoms with van der Waals surface area (Å²) in [6.07, 6.45) is 0. The molecule has 3 N–H and O–H groups in total. The molecule has 0 spiro atoms. The van der Waals surface area contributed by atoms with Crippen molar-refractivity contribution in [2.24, 2.45) is 0 Å². The Bertz CT molecular complexity index is 5000. The smallest absolute Gasteiger partial charge is 0.0541 e. The maximum atomic E-state index is 5.72. The average Bonchev–Trinajstić information content (AvgIpc) is 2.16. The predicted octanol–water partition coefficient (Wildman–Crippen LogP) is 24.2. The minimum atomic E-state index is 0. The fourth-order valence-electron chi connectivity index (χ4n) is 11.9. The first-order valence-electron chi connectivity index (χ1n) is 28.7. The summed E-state index contributed by atoms with van der Waals surface area (Å²) >= 11 is 3.52. The lowest BCUT2D eigenvalue weighted by Crippen LogP contribution is -1.93. The lowest BCUT2D eigenvalue weighted by Gasteiger charge is -2.11. The van der Waals surface area contributed by atoms with Crippen molar-refractivity contribution in [3.63, 3.8) is 0 Å². The highest BCUT2D eigenvalue weighted by Gasteiger charge is 2.15. The van der Waals surface area contributed by atoms with Crippen molar-refractivity contribution >= 4 is 98.1 Å². The molecule has 4 nitrogen and oxygen atoms in total. The van der Waals surface area contributed by atoms with Crippen LogP contribution in [0.3, 0.4) is 0 Å². The Morgan fingerprint density at radius 3 is 1.03 bits per heavy atom. The maximum absolute atomic E-state index is 5.72. The Morgan fingerprint density at radius 1 is 0.261 bits per heavy atom. The van der Waals surface area contributed by atoms with E-state index in [1.807, 2.05) is 12.1 Å². The summed E-state index contributed by atoms with van der Waals surface area (Å²) in [5, 5.41) is 13.7. The predicted molar refractivity (Wildman–Crippen MR) is 387 cm³/mol. The topological polar surface area (TPSA) is 47.9 Å². The van der Waals surface area contributed by atoms with Gasteiger partial charge in [0.1, 0.15) is 0 Å². The zero-order valence-corrected chi connectivity index (χ0v) is 48.1. The summed E-state index contributed by atoms with van der Waals surface area (Å²) in [5.41, 5.74) is 25.8. The lowest BCUT2D eigenvalue weighted by atomic mass is 9.98. The Labute approximate surface area is 525 Å². The molecule has 16 rings (SSSR count). The van der Waals surface area contributed by atoms with Crippen LogP contribution in [0.25, 0.3) is 121 Å². The number of anilines is 3. The minimum Gasteiger partial charge on any atom is -0.399 e. The first kappa shape index (κ1) is 59.0. The van der Waals surface area contributed by atoms with Crippen LogP contribution in [0, 0.1) is 0 Å². The van der Waals surface area contributed by atoms with E-state index in [1.165, 1.54) is 121 Å². The molecular weight excluding hydrogens is 1130 g/mol. The summed E-state index contributed by atoms with van der Waals surface area (Å²) < 4.78 is 5.80. The van der Waals surface area contributed by atoms with E-state index in [0.29, 0.717) is 0 Å². The zero-order chi connectivity index (χ0) is 57.1. The van der Waals surface area contributed by atoms with E-state index < -0.39 is 0 Å². The quantitative estimate of drug-likeness (QED) is 0.149. The van der Waals surface area contributed by atoms with Gasteiger partial charge in [-0.15, -0.1) is 0 Å². The highest BCUT2D eigenvalue weighted by atomic mass is 79.9. The normalized spacial score (nSPS) is 10.8. The van der Waals surface area contributed by atoms with Crippen molar-refractivity contribution in [2.45, 2.75) is 22.3 Å². The number of nitrogens with one attached hydrogen (secondary N) is 1. The zero-order valence-electron chi connectivity index (χ0n) is 46.5. The molecule has 0 bridgehead atoms. The van der Waals surface area contributed by atoms with Gasteiger partial charge in [-0.05, 0) is 175 Å². The van der Waals surface area contributed by atoms with Crippen LogP contribution in [-0.4, -0.2) is 9.13 Å². The molecule has 0 aliphatic rings. The molecule has 0 fully saturated rings. The number of nitrogens with zero attached hydrogens (tertiary/aromatic N) is 2. The first-order chi connectivity index (χ1) is 42.0. The molecule has 0 unspecified atom stereocenters. The number of aromatic nitrogens is 2. The summed E-state index contributed by atoms with van der Waals surface area (Å²) in [4.78, 5) is 0. The van der Waals surface area contributed by atoms with E-state index in [1.54, 1.807) is 0 Å². The van der Waals surface area contributed by atoms with E-state index in [2.05, 4.69) is 346 Å². The average molecular weight is 1200 g/mol. The van der Waals surface area contributed by atoms with Crippen molar-refractivity contribution in [1.29, 1.82) is 0 Å². The molecule has 14 aromatic carbocycles. The third-order valence-corrected chi connectivity index (χ3v) is 16.6. The molecule has 2 aromatic heterocycles. The summed E-state index contributed by atoms with van der Waals surface area (Å²) in [7, 11) is 0. The van der Waals surface area contributed by atoms with Crippen molar-refractivity contribution in [3.8, 4) is 55.9 Å². The molecule has 88 heavy (non-hydrogen) atoms. The van der Waals surface area contributed by atoms with Crippen LogP contribution in [-0.2, 0) is 0 Å². The second-order valence-corrected chi connectivity index (χ2v) is 22.2. The fourth-order valence-corrected chi connectivity index (χ4v) is 12.2. The number of benzene rings is 14. The number of para-hydroxylation sites is 4. The Morgan fingerprint density at radius 2 is 0.591 bits per heavy atom. The van der Waals surface area contributed by atoms with E-state index in [4.69, 9.17) is 5.73 Å². The number of nitrogens with two attached hydrogens (primary N) is 1. The van der Waals surface area contributed by atoms with Crippen LogP contribution in [0.15, 0.2) is 332 Å². The number of hydrogen-bond donors (Lipinski definition) is 2. The SMILES string of the molecule is Brc1ccc(-c2ccc3c(c2)c2ccccc2n3-c2ccccc2)cc1.C.C.C.Nc1ccc(-c2cccc3ccccc23)cc1.c1ccc(-n2c3ccccc3c3cc(-c4ccc(Nc5ccc(-c6cccc7ccccc67)cc5)cc4)ccc32)cc1. The number of fused-ring (bicyclic) bond motifs is 8. The second kappa shape index (κ2) is 26.3. The van der Waals surface area contributed by atoms with E-state index >= 15 is 0 Å². The minimum absolute atomic E-state index is 0. The van der Waals surface area contributed by atoms with Crippen LogP contribution in [0.5, 0.6) is 0 Å². The van der Waals surface area contributed by atoms with Gasteiger partial charge in [0.05, 0.1) is 22.1 Å². The van der Waals surface area contributed by atoms with Crippen LogP contribution in [0.4, 0.5) is 17.1 Å². The number of hydrogen-bond acceptors (Lipinski definition) is 2. The molecule has 0 amide bonds. The summed E-state index contributed by atoms with van der Waals surface area (Å²) in [6, 6.07) is 116. The maximum Gasteiger partial charge on any atom is 0.0541 e. The second-order valence-electron chi connectivity index (χ2n) is 21.3. The molecule has 0 aliphatic carbocycles. The summed E-state index contributed by atoms with van der Waals surface area (Å²) in [6.45, 7) is 0. The van der Waals surface area contributed by atoms with Crippen LogP contribution >= 0.6 is 15.9 Å².